The molecule has 0 aromatic rings. The summed E-state index contributed by atoms with van der Waals surface area (Å²) in [5.41, 5.74) is -1.94. The summed E-state index contributed by atoms with van der Waals surface area (Å²) in [4.78, 5) is 49.7. The molecule has 2 aliphatic heterocycles. The fourth-order valence-electron chi connectivity index (χ4n) is 10.2. The van der Waals surface area contributed by atoms with E-state index in [0.717, 1.165) is 37.7 Å². The molecule has 41 heavy (non-hydrogen) atoms. The first-order chi connectivity index (χ1) is 19.2. The number of epoxide rings is 1. The molecule has 0 aromatic heterocycles. The number of ketones is 1. The van der Waals surface area contributed by atoms with E-state index in [1.54, 1.807) is 19.1 Å². The van der Waals surface area contributed by atoms with E-state index in [2.05, 4.69) is 6.92 Å². The Morgan fingerprint density at radius 3 is 2.51 bits per heavy atom. The van der Waals surface area contributed by atoms with Gasteiger partial charge in [0, 0.05) is 20.3 Å². The van der Waals surface area contributed by atoms with Gasteiger partial charge < -0.3 is 24.1 Å². The summed E-state index contributed by atoms with van der Waals surface area (Å²) < 4.78 is 22.9. The van der Waals surface area contributed by atoms with Crippen LogP contribution >= 0.6 is 0 Å². The lowest BCUT2D eigenvalue weighted by Gasteiger charge is -2.59. The van der Waals surface area contributed by atoms with E-state index in [-0.39, 0.29) is 53.6 Å². The summed E-state index contributed by atoms with van der Waals surface area (Å²) in [6, 6.07) is 0. The number of hydrogen-bond acceptors (Lipinski definition) is 9. The molecule has 9 nitrogen and oxygen atoms in total. The van der Waals surface area contributed by atoms with Gasteiger partial charge in [-0.1, -0.05) is 12.5 Å². The molecular weight excluding hydrogens is 528 g/mol. The number of rotatable bonds is 5. The standard InChI is InChI=1S/C32H42O9/c1-16-13-26(40-28(36)20(16)15-38-17(2)33)31(6,37)23-8-7-21-19-14-27-32(41-27)25(39-18(3)34)10-9-24(35)30(32,5)22(19)11-12-29(21,23)4/h9-10,19,21-23,25-27,37H,7-8,11-15H2,1-6H3. The van der Waals surface area contributed by atoms with E-state index in [1.807, 2.05) is 13.8 Å². The molecule has 2 heterocycles. The van der Waals surface area contributed by atoms with E-state index in [4.69, 9.17) is 18.9 Å². The zero-order valence-electron chi connectivity index (χ0n) is 24.9. The number of fused-ring (bicyclic) bond motifs is 4. The monoisotopic (exact) mass is 570 g/mol. The number of allylic oxidation sites excluding steroid dienone is 1. The molecular formula is C32H42O9. The Hall–Kier alpha value is -2.52. The Morgan fingerprint density at radius 2 is 1.85 bits per heavy atom. The van der Waals surface area contributed by atoms with Crippen LogP contribution in [0.5, 0.6) is 0 Å². The minimum atomic E-state index is -1.26. The molecule has 4 aliphatic carbocycles. The van der Waals surface area contributed by atoms with Gasteiger partial charge in [0.05, 0.1) is 17.1 Å². The van der Waals surface area contributed by atoms with Crippen LogP contribution in [-0.2, 0) is 38.1 Å². The molecule has 1 saturated heterocycles. The second kappa shape index (κ2) is 9.24. The predicted molar refractivity (Wildman–Crippen MR) is 145 cm³/mol. The molecule has 224 valence electrons. The number of carbonyl (C=O) groups excluding carboxylic acids is 4. The van der Waals surface area contributed by atoms with Gasteiger partial charge in [0.2, 0.25) is 0 Å². The molecule has 0 radical (unpaired) electrons. The molecule has 0 aromatic carbocycles. The van der Waals surface area contributed by atoms with Gasteiger partial charge >= 0.3 is 17.9 Å². The quantitative estimate of drug-likeness (QED) is 0.299. The molecule has 11 atom stereocenters. The first kappa shape index (κ1) is 28.6. The maximum atomic E-state index is 13.6. The third kappa shape index (κ3) is 3.87. The van der Waals surface area contributed by atoms with Crippen LogP contribution in [0.2, 0.25) is 0 Å². The minimum Gasteiger partial charge on any atom is -0.461 e. The zero-order valence-corrected chi connectivity index (χ0v) is 24.9. The Morgan fingerprint density at radius 1 is 1.12 bits per heavy atom. The van der Waals surface area contributed by atoms with Crippen LogP contribution in [-0.4, -0.2) is 64.9 Å². The highest BCUT2D eigenvalue weighted by Gasteiger charge is 2.81. The highest BCUT2D eigenvalue weighted by Crippen LogP contribution is 2.73. The lowest BCUT2D eigenvalue weighted by Crippen LogP contribution is -2.64. The number of esters is 3. The average molecular weight is 571 g/mol. The van der Waals surface area contributed by atoms with Crippen molar-refractivity contribution in [3.05, 3.63) is 23.3 Å². The average Bonchev–Trinajstić information content (AvgIpc) is 3.50. The Balaban J connectivity index is 1.25. The molecule has 3 saturated carbocycles. The Bertz CT molecular complexity index is 1260. The molecule has 0 amide bonds. The largest absolute Gasteiger partial charge is 0.461 e. The molecule has 11 unspecified atom stereocenters. The summed E-state index contributed by atoms with van der Waals surface area (Å²) in [6.45, 7) is 10.5. The van der Waals surface area contributed by atoms with Gasteiger partial charge in [0.15, 0.2) is 11.9 Å². The van der Waals surface area contributed by atoms with Crippen LogP contribution in [0, 0.1) is 34.5 Å². The summed E-state index contributed by atoms with van der Waals surface area (Å²) in [7, 11) is 0. The van der Waals surface area contributed by atoms with Crippen molar-refractivity contribution >= 4 is 23.7 Å². The smallest absolute Gasteiger partial charge is 0.337 e. The van der Waals surface area contributed by atoms with Crippen LogP contribution in [0.3, 0.4) is 0 Å². The first-order valence-corrected chi connectivity index (χ1v) is 15.0. The maximum Gasteiger partial charge on any atom is 0.337 e. The van der Waals surface area contributed by atoms with Gasteiger partial charge in [-0.05, 0) is 94.1 Å². The van der Waals surface area contributed by atoms with Crippen LogP contribution in [0.1, 0.15) is 80.1 Å². The zero-order chi connectivity index (χ0) is 29.7. The van der Waals surface area contributed by atoms with E-state index < -0.39 is 40.8 Å². The molecule has 4 fully saturated rings. The molecule has 9 heteroatoms. The van der Waals surface area contributed by atoms with Crippen molar-refractivity contribution in [3.8, 4) is 0 Å². The predicted octanol–water partition coefficient (Wildman–Crippen LogP) is 3.61. The molecule has 6 aliphatic rings. The highest BCUT2D eigenvalue weighted by atomic mass is 16.7. The normalized spacial score (nSPS) is 45.9. The number of carbonyl (C=O) groups is 4. The number of aliphatic hydroxyl groups is 1. The van der Waals surface area contributed by atoms with Gasteiger partial charge in [-0.2, -0.15) is 0 Å². The van der Waals surface area contributed by atoms with E-state index >= 15 is 0 Å². The van der Waals surface area contributed by atoms with E-state index in [0.29, 0.717) is 12.0 Å². The lowest BCUT2D eigenvalue weighted by molar-refractivity contribution is -0.186. The van der Waals surface area contributed by atoms with Crippen molar-refractivity contribution in [1.29, 1.82) is 0 Å². The van der Waals surface area contributed by atoms with Crippen LogP contribution in [0.15, 0.2) is 23.3 Å². The van der Waals surface area contributed by atoms with Crippen molar-refractivity contribution in [2.45, 2.75) is 110 Å². The molecule has 0 bridgehead atoms. The van der Waals surface area contributed by atoms with Gasteiger partial charge in [0.1, 0.15) is 23.9 Å². The Kier molecular flexibility index (Phi) is 6.44. The molecule has 1 N–H and O–H groups in total. The van der Waals surface area contributed by atoms with Gasteiger partial charge in [0.25, 0.3) is 0 Å². The van der Waals surface area contributed by atoms with Crippen molar-refractivity contribution < 1.29 is 43.2 Å². The van der Waals surface area contributed by atoms with Crippen molar-refractivity contribution in [2.75, 3.05) is 6.61 Å². The third-order valence-electron chi connectivity index (χ3n) is 12.2. The summed E-state index contributed by atoms with van der Waals surface area (Å²) in [5, 5.41) is 12.1. The van der Waals surface area contributed by atoms with E-state index in [1.165, 1.54) is 13.8 Å². The fraction of sp³-hybridized carbons (Fsp3) is 0.750. The number of hydrogen-bond donors (Lipinski definition) is 1. The second-order valence-corrected chi connectivity index (χ2v) is 14.0. The third-order valence-corrected chi connectivity index (χ3v) is 12.2. The number of cyclic esters (lactones) is 1. The fourth-order valence-corrected chi connectivity index (χ4v) is 10.2. The highest BCUT2D eigenvalue weighted by molar-refractivity contribution is 5.98. The minimum absolute atomic E-state index is 0.0455. The summed E-state index contributed by atoms with van der Waals surface area (Å²) >= 11 is 0. The summed E-state index contributed by atoms with van der Waals surface area (Å²) in [5.74, 6) is -0.853. The van der Waals surface area contributed by atoms with Crippen molar-refractivity contribution in [2.24, 2.45) is 34.5 Å². The topological polar surface area (TPSA) is 129 Å². The Labute approximate surface area is 241 Å². The number of ether oxygens (including phenoxy) is 4. The van der Waals surface area contributed by atoms with Crippen LogP contribution in [0.4, 0.5) is 0 Å². The lowest BCUT2D eigenvalue weighted by atomic mass is 9.44. The second-order valence-electron chi connectivity index (χ2n) is 14.0. The van der Waals surface area contributed by atoms with E-state index in [9.17, 15) is 24.3 Å². The molecule has 1 spiro atoms. The van der Waals surface area contributed by atoms with Crippen molar-refractivity contribution in [3.63, 3.8) is 0 Å². The molecule has 6 rings (SSSR count). The first-order valence-electron chi connectivity index (χ1n) is 15.0. The summed E-state index contributed by atoms with van der Waals surface area (Å²) in [6.07, 6.45) is 6.39. The van der Waals surface area contributed by atoms with Gasteiger partial charge in [-0.3, -0.25) is 14.4 Å². The SMILES string of the molecule is CC(=O)OCC1=C(C)CC(C(C)(O)C2CCC3C4CC5OC56C(OC(C)=O)C=CC(=O)C6(C)C4CCC32C)OC1=O. The van der Waals surface area contributed by atoms with Gasteiger partial charge in [-0.15, -0.1) is 0 Å². The van der Waals surface area contributed by atoms with Crippen molar-refractivity contribution in [1.82, 2.24) is 0 Å². The maximum absolute atomic E-state index is 13.6. The van der Waals surface area contributed by atoms with Crippen LogP contribution in [0.25, 0.3) is 0 Å². The van der Waals surface area contributed by atoms with Crippen LogP contribution < -0.4 is 0 Å². The van der Waals surface area contributed by atoms with Gasteiger partial charge in [-0.25, -0.2) is 4.79 Å².